The van der Waals surface area contributed by atoms with Gasteiger partial charge in [0.15, 0.2) is 0 Å². The molecule has 0 radical (unpaired) electrons. The quantitative estimate of drug-likeness (QED) is 0.681. The first kappa shape index (κ1) is 9.40. The molecule has 0 spiro atoms. The molecular weight excluding hydrogens is 188 g/mol. The van der Waals surface area contributed by atoms with Crippen LogP contribution in [0.3, 0.4) is 0 Å². The molecule has 0 saturated heterocycles. The van der Waals surface area contributed by atoms with Crippen molar-refractivity contribution in [3.63, 3.8) is 0 Å². The lowest BCUT2D eigenvalue weighted by Crippen LogP contribution is -2.15. The minimum absolute atomic E-state index is 0.0446. The molecule has 1 heterocycles. The number of aromatic nitrogens is 1. The summed E-state index contributed by atoms with van der Waals surface area (Å²) in [6.45, 7) is 3.43. The standard InChI is InChI=1S/C12H10N2O/c1-13-10-5-7-11(8-6-10)14-9-3-2-4-12(14)15/h2-9H,1H2. The van der Waals surface area contributed by atoms with E-state index >= 15 is 0 Å². The average molecular weight is 198 g/mol. The molecule has 15 heavy (non-hydrogen) atoms. The van der Waals surface area contributed by atoms with E-state index < -0.39 is 0 Å². The van der Waals surface area contributed by atoms with Gasteiger partial charge in [0.25, 0.3) is 5.56 Å². The van der Waals surface area contributed by atoms with Crippen molar-refractivity contribution in [1.82, 2.24) is 4.57 Å². The summed E-state index contributed by atoms with van der Waals surface area (Å²) in [5.74, 6) is 0. The Labute approximate surface area is 87.3 Å². The van der Waals surface area contributed by atoms with Crippen LogP contribution in [-0.2, 0) is 0 Å². The molecule has 0 saturated carbocycles. The summed E-state index contributed by atoms with van der Waals surface area (Å²) in [4.78, 5) is 15.3. The average Bonchev–Trinajstić information content (AvgIpc) is 2.30. The molecule has 0 bridgehead atoms. The number of nitrogens with zero attached hydrogens (tertiary/aromatic N) is 2. The normalized spacial score (nSPS) is 9.87. The van der Waals surface area contributed by atoms with Gasteiger partial charge in [-0.3, -0.25) is 14.4 Å². The van der Waals surface area contributed by atoms with Gasteiger partial charge in [-0.2, -0.15) is 0 Å². The lowest BCUT2D eigenvalue weighted by atomic mass is 10.3. The van der Waals surface area contributed by atoms with Crippen molar-refractivity contribution in [3.8, 4) is 5.69 Å². The van der Waals surface area contributed by atoms with Crippen LogP contribution >= 0.6 is 0 Å². The van der Waals surface area contributed by atoms with Gasteiger partial charge in [0.05, 0.1) is 5.69 Å². The van der Waals surface area contributed by atoms with Crippen LogP contribution in [0.25, 0.3) is 5.69 Å². The largest absolute Gasteiger partial charge is 0.284 e. The van der Waals surface area contributed by atoms with E-state index in [2.05, 4.69) is 11.7 Å². The van der Waals surface area contributed by atoms with Gasteiger partial charge in [-0.25, -0.2) is 0 Å². The first-order valence-electron chi connectivity index (χ1n) is 4.56. The monoisotopic (exact) mass is 198 g/mol. The first-order chi connectivity index (χ1) is 7.31. The van der Waals surface area contributed by atoms with Gasteiger partial charge >= 0.3 is 0 Å². The van der Waals surface area contributed by atoms with Crippen LogP contribution in [0, 0.1) is 0 Å². The molecule has 3 nitrogen and oxygen atoms in total. The van der Waals surface area contributed by atoms with E-state index in [0.29, 0.717) is 0 Å². The van der Waals surface area contributed by atoms with E-state index in [1.807, 2.05) is 30.3 Å². The lowest BCUT2D eigenvalue weighted by molar-refractivity contribution is 0.990. The lowest BCUT2D eigenvalue weighted by Gasteiger charge is -2.04. The van der Waals surface area contributed by atoms with Crippen molar-refractivity contribution in [2.24, 2.45) is 4.99 Å². The highest BCUT2D eigenvalue weighted by Crippen LogP contribution is 2.13. The topological polar surface area (TPSA) is 34.4 Å². The van der Waals surface area contributed by atoms with E-state index in [1.54, 1.807) is 16.8 Å². The van der Waals surface area contributed by atoms with Crippen molar-refractivity contribution in [2.45, 2.75) is 0 Å². The van der Waals surface area contributed by atoms with Crippen LogP contribution < -0.4 is 5.56 Å². The highest BCUT2D eigenvalue weighted by atomic mass is 16.1. The van der Waals surface area contributed by atoms with Gasteiger partial charge in [-0.05, 0) is 37.0 Å². The van der Waals surface area contributed by atoms with Crippen LogP contribution in [0.2, 0.25) is 0 Å². The fourth-order valence-electron chi connectivity index (χ4n) is 1.36. The van der Waals surface area contributed by atoms with Gasteiger partial charge in [0.1, 0.15) is 0 Å². The Bertz CT molecular complexity index is 526. The minimum atomic E-state index is -0.0446. The third-order valence-corrected chi connectivity index (χ3v) is 2.13. The summed E-state index contributed by atoms with van der Waals surface area (Å²) in [6, 6.07) is 12.4. The van der Waals surface area contributed by atoms with E-state index in [9.17, 15) is 4.79 Å². The molecule has 0 fully saturated rings. The molecule has 0 aliphatic rings. The Hall–Kier alpha value is -2.16. The van der Waals surface area contributed by atoms with Crippen LogP contribution in [0.5, 0.6) is 0 Å². The predicted octanol–water partition coefficient (Wildman–Crippen LogP) is 2.17. The number of rotatable bonds is 2. The van der Waals surface area contributed by atoms with E-state index in [4.69, 9.17) is 0 Å². The number of pyridine rings is 1. The molecule has 1 aromatic carbocycles. The van der Waals surface area contributed by atoms with Crippen LogP contribution in [-0.4, -0.2) is 11.3 Å². The second-order valence-electron chi connectivity index (χ2n) is 3.08. The molecule has 0 N–H and O–H groups in total. The zero-order valence-electron chi connectivity index (χ0n) is 8.13. The second kappa shape index (κ2) is 3.92. The molecule has 74 valence electrons. The molecule has 0 aliphatic carbocycles. The van der Waals surface area contributed by atoms with Gasteiger partial charge in [0, 0.05) is 18.0 Å². The third kappa shape index (κ3) is 1.86. The fourth-order valence-corrected chi connectivity index (χ4v) is 1.36. The van der Waals surface area contributed by atoms with Crippen molar-refractivity contribution in [2.75, 3.05) is 0 Å². The fraction of sp³-hybridized carbons (Fsp3) is 0. The third-order valence-electron chi connectivity index (χ3n) is 2.13. The molecular formula is C12H10N2O. The Morgan fingerprint density at radius 2 is 1.80 bits per heavy atom. The predicted molar refractivity (Wildman–Crippen MR) is 61.2 cm³/mol. The van der Waals surface area contributed by atoms with Crippen molar-refractivity contribution < 1.29 is 0 Å². The molecule has 1 aromatic heterocycles. The zero-order valence-corrected chi connectivity index (χ0v) is 8.13. The summed E-state index contributed by atoms with van der Waals surface area (Å²) in [6.07, 6.45) is 1.73. The SMILES string of the molecule is C=Nc1ccc(-n2ccccc2=O)cc1. The van der Waals surface area contributed by atoms with E-state index in [-0.39, 0.29) is 5.56 Å². The zero-order chi connectivity index (χ0) is 10.7. The number of hydrogen-bond acceptors (Lipinski definition) is 2. The number of hydrogen-bond donors (Lipinski definition) is 0. The number of aliphatic imine (C=N–C) groups is 1. The van der Waals surface area contributed by atoms with Crippen molar-refractivity contribution >= 4 is 12.4 Å². The highest BCUT2D eigenvalue weighted by Gasteiger charge is 1.97. The summed E-state index contributed by atoms with van der Waals surface area (Å²) in [5.41, 5.74) is 1.58. The molecule has 0 aliphatic heterocycles. The minimum Gasteiger partial charge on any atom is -0.284 e. The van der Waals surface area contributed by atoms with Crippen LogP contribution in [0.4, 0.5) is 5.69 Å². The Balaban J connectivity index is 2.51. The summed E-state index contributed by atoms with van der Waals surface area (Å²) >= 11 is 0. The van der Waals surface area contributed by atoms with Crippen molar-refractivity contribution in [1.29, 1.82) is 0 Å². The molecule has 2 rings (SSSR count). The molecule has 0 atom stereocenters. The van der Waals surface area contributed by atoms with Crippen LogP contribution in [0.1, 0.15) is 0 Å². The van der Waals surface area contributed by atoms with Gasteiger partial charge in [-0.1, -0.05) is 6.07 Å². The summed E-state index contributed by atoms with van der Waals surface area (Å²) in [5, 5.41) is 0. The van der Waals surface area contributed by atoms with Crippen molar-refractivity contribution in [3.05, 3.63) is 59.0 Å². The number of benzene rings is 1. The van der Waals surface area contributed by atoms with Crippen LogP contribution in [0.15, 0.2) is 58.4 Å². The van der Waals surface area contributed by atoms with Gasteiger partial charge < -0.3 is 0 Å². The first-order valence-corrected chi connectivity index (χ1v) is 4.56. The molecule has 0 amide bonds. The maximum Gasteiger partial charge on any atom is 0.255 e. The Kier molecular flexibility index (Phi) is 2.46. The summed E-state index contributed by atoms with van der Waals surface area (Å²) in [7, 11) is 0. The van der Waals surface area contributed by atoms with Gasteiger partial charge in [0.2, 0.25) is 0 Å². The second-order valence-corrected chi connectivity index (χ2v) is 3.08. The maximum absolute atomic E-state index is 11.5. The maximum atomic E-state index is 11.5. The Morgan fingerprint density at radius 1 is 1.07 bits per heavy atom. The molecule has 0 unspecified atom stereocenters. The highest BCUT2D eigenvalue weighted by molar-refractivity contribution is 5.49. The van der Waals surface area contributed by atoms with Gasteiger partial charge in [-0.15, -0.1) is 0 Å². The van der Waals surface area contributed by atoms with E-state index in [0.717, 1.165) is 11.4 Å². The van der Waals surface area contributed by atoms with E-state index in [1.165, 1.54) is 6.07 Å². The molecule has 3 heteroatoms. The Morgan fingerprint density at radius 3 is 2.40 bits per heavy atom. The summed E-state index contributed by atoms with van der Waals surface area (Å²) < 4.78 is 1.58. The smallest absolute Gasteiger partial charge is 0.255 e. The molecule has 2 aromatic rings.